The SMILES string of the molecule is CC(CN)C(=O)NC(c1ccc(F)cc1)C1CCCO1. The lowest BCUT2D eigenvalue weighted by atomic mass is 9.98. The molecule has 1 aromatic rings. The molecule has 1 amide bonds. The second-order valence-electron chi connectivity index (χ2n) is 5.23. The zero-order valence-corrected chi connectivity index (χ0v) is 11.6. The van der Waals surface area contributed by atoms with E-state index in [4.69, 9.17) is 10.5 Å². The number of hydrogen-bond donors (Lipinski definition) is 2. The Balaban J connectivity index is 2.16. The largest absolute Gasteiger partial charge is 0.376 e. The van der Waals surface area contributed by atoms with Gasteiger partial charge >= 0.3 is 0 Å². The van der Waals surface area contributed by atoms with E-state index in [9.17, 15) is 9.18 Å². The molecule has 0 bridgehead atoms. The first-order valence-corrected chi connectivity index (χ1v) is 6.99. The highest BCUT2D eigenvalue weighted by atomic mass is 19.1. The minimum absolute atomic E-state index is 0.0608. The topological polar surface area (TPSA) is 64.4 Å². The van der Waals surface area contributed by atoms with Gasteiger partial charge in [-0.3, -0.25) is 4.79 Å². The van der Waals surface area contributed by atoms with Gasteiger partial charge in [-0.05, 0) is 30.5 Å². The summed E-state index contributed by atoms with van der Waals surface area (Å²) in [5.41, 5.74) is 6.38. The molecule has 1 saturated heterocycles. The van der Waals surface area contributed by atoms with Crippen LogP contribution < -0.4 is 11.1 Å². The van der Waals surface area contributed by atoms with Crippen LogP contribution in [0.4, 0.5) is 4.39 Å². The number of carbonyl (C=O) groups is 1. The summed E-state index contributed by atoms with van der Waals surface area (Å²) in [4.78, 5) is 12.1. The monoisotopic (exact) mass is 280 g/mol. The van der Waals surface area contributed by atoms with Gasteiger partial charge in [0, 0.05) is 19.1 Å². The van der Waals surface area contributed by atoms with E-state index in [1.165, 1.54) is 12.1 Å². The number of hydrogen-bond acceptors (Lipinski definition) is 3. The molecule has 110 valence electrons. The maximum Gasteiger partial charge on any atom is 0.224 e. The number of nitrogens with one attached hydrogen (secondary N) is 1. The summed E-state index contributed by atoms with van der Waals surface area (Å²) in [6, 6.07) is 5.93. The molecule has 1 aromatic carbocycles. The molecule has 3 unspecified atom stereocenters. The van der Waals surface area contributed by atoms with Gasteiger partial charge in [0.1, 0.15) is 5.82 Å². The lowest BCUT2D eigenvalue weighted by Gasteiger charge is -2.26. The minimum atomic E-state index is -0.290. The molecule has 0 radical (unpaired) electrons. The first-order valence-electron chi connectivity index (χ1n) is 6.99. The van der Waals surface area contributed by atoms with Crippen LogP contribution in [0.2, 0.25) is 0 Å². The average Bonchev–Trinajstić information content (AvgIpc) is 2.98. The van der Waals surface area contributed by atoms with Crippen molar-refractivity contribution < 1.29 is 13.9 Å². The molecule has 1 heterocycles. The predicted molar refractivity (Wildman–Crippen MR) is 74.5 cm³/mol. The fourth-order valence-electron chi connectivity index (χ4n) is 2.33. The van der Waals surface area contributed by atoms with Crippen molar-refractivity contribution in [3.8, 4) is 0 Å². The van der Waals surface area contributed by atoms with Gasteiger partial charge < -0.3 is 15.8 Å². The number of ether oxygens (including phenoxy) is 1. The van der Waals surface area contributed by atoms with E-state index >= 15 is 0 Å². The van der Waals surface area contributed by atoms with Crippen molar-refractivity contribution in [3.05, 3.63) is 35.6 Å². The van der Waals surface area contributed by atoms with E-state index in [-0.39, 0.29) is 29.8 Å². The lowest BCUT2D eigenvalue weighted by molar-refractivity contribution is -0.126. The van der Waals surface area contributed by atoms with Gasteiger partial charge in [0.15, 0.2) is 0 Å². The van der Waals surface area contributed by atoms with Crippen LogP contribution in [-0.2, 0) is 9.53 Å². The van der Waals surface area contributed by atoms with Crippen LogP contribution in [0.15, 0.2) is 24.3 Å². The van der Waals surface area contributed by atoms with E-state index < -0.39 is 0 Å². The lowest BCUT2D eigenvalue weighted by Crippen LogP contribution is -2.40. The number of rotatable bonds is 5. The third-order valence-corrected chi connectivity index (χ3v) is 3.66. The maximum atomic E-state index is 13.0. The number of nitrogens with two attached hydrogens (primary N) is 1. The number of halogens is 1. The van der Waals surface area contributed by atoms with Crippen LogP contribution in [-0.4, -0.2) is 25.2 Å². The second-order valence-corrected chi connectivity index (χ2v) is 5.23. The van der Waals surface area contributed by atoms with Crippen molar-refractivity contribution in [1.29, 1.82) is 0 Å². The van der Waals surface area contributed by atoms with Crippen LogP contribution >= 0.6 is 0 Å². The third-order valence-electron chi connectivity index (χ3n) is 3.66. The molecule has 0 aromatic heterocycles. The summed E-state index contributed by atoms with van der Waals surface area (Å²) in [6.07, 6.45) is 1.80. The summed E-state index contributed by atoms with van der Waals surface area (Å²) >= 11 is 0. The molecule has 3 atom stereocenters. The number of carbonyl (C=O) groups excluding carboxylic acids is 1. The molecule has 1 aliphatic rings. The number of benzene rings is 1. The van der Waals surface area contributed by atoms with Crippen molar-refractivity contribution in [2.24, 2.45) is 11.7 Å². The van der Waals surface area contributed by atoms with Gasteiger partial charge in [0.05, 0.1) is 12.1 Å². The Labute approximate surface area is 118 Å². The van der Waals surface area contributed by atoms with Crippen molar-refractivity contribution in [3.63, 3.8) is 0 Å². The van der Waals surface area contributed by atoms with Crippen molar-refractivity contribution in [2.45, 2.75) is 31.9 Å². The number of amides is 1. The second kappa shape index (κ2) is 6.81. The molecule has 0 spiro atoms. The van der Waals surface area contributed by atoms with E-state index in [1.807, 2.05) is 0 Å². The van der Waals surface area contributed by atoms with Crippen molar-refractivity contribution in [1.82, 2.24) is 5.32 Å². The highest BCUT2D eigenvalue weighted by Gasteiger charge is 2.29. The molecule has 1 aliphatic heterocycles. The van der Waals surface area contributed by atoms with Gasteiger partial charge in [-0.25, -0.2) is 4.39 Å². The summed E-state index contributed by atoms with van der Waals surface area (Å²) in [5, 5.41) is 2.98. The molecule has 0 aliphatic carbocycles. The molecule has 20 heavy (non-hydrogen) atoms. The van der Waals surface area contributed by atoms with E-state index in [0.717, 1.165) is 18.4 Å². The zero-order valence-electron chi connectivity index (χ0n) is 11.6. The molecule has 3 N–H and O–H groups in total. The Morgan fingerprint density at radius 2 is 2.20 bits per heavy atom. The fraction of sp³-hybridized carbons (Fsp3) is 0.533. The molecule has 0 saturated carbocycles. The fourth-order valence-corrected chi connectivity index (χ4v) is 2.33. The van der Waals surface area contributed by atoms with Gasteiger partial charge in [-0.15, -0.1) is 0 Å². The third kappa shape index (κ3) is 3.55. The Bertz CT molecular complexity index is 444. The van der Waals surface area contributed by atoms with Gasteiger partial charge in [-0.1, -0.05) is 19.1 Å². The van der Waals surface area contributed by atoms with Crippen molar-refractivity contribution >= 4 is 5.91 Å². The quantitative estimate of drug-likeness (QED) is 0.863. The molecule has 4 nitrogen and oxygen atoms in total. The highest BCUT2D eigenvalue weighted by molar-refractivity contribution is 5.79. The molecule has 5 heteroatoms. The smallest absolute Gasteiger partial charge is 0.224 e. The minimum Gasteiger partial charge on any atom is -0.376 e. The summed E-state index contributed by atoms with van der Waals surface area (Å²) < 4.78 is 18.7. The summed E-state index contributed by atoms with van der Waals surface area (Å²) in [7, 11) is 0. The summed E-state index contributed by atoms with van der Waals surface area (Å²) in [5.74, 6) is -0.641. The standard InChI is InChI=1S/C15H21FN2O2/c1-10(9-17)15(19)18-14(13-3-2-8-20-13)11-4-6-12(16)7-5-11/h4-7,10,13-14H,2-3,8-9,17H2,1H3,(H,18,19). The zero-order chi connectivity index (χ0) is 14.5. The predicted octanol–water partition coefficient (Wildman–Crippen LogP) is 1.76. The Morgan fingerprint density at radius 1 is 1.50 bits per heavy atom. The Morgan fingerprint density at radius 3 is 2.75 bits per heavy atom. The van der Waals surface area contributed by atoms with Crippen LogP contribution in [0, 0.1) is 11.7 Å². The first-order chi connectivity index (χ1) is 9.61. The van der Waals surface area contributed by atoms with Gasteiger partial charge in [-0.2, -0.15) is 0 Å². The maximum absolute atomic E-state index is 13.0. The first kappa shape index (κ1) is 14.9. The molecular formula is C15H21FN2O2. The highest BCUT2D eigenvalue weighted by Crippen LogP contribution is 2.27. The molecule has 2 rings (SSSR count). The van der Waals surface area contributed by atoms with Crippen LogP contribution in [0.3, 0.4) is 0 Å². The van der Waals surface area contributed by atoms with Gasteiger partial charge in [0.25, 0.3) is 0 Å². The van der Waals surface area contributed by atoms with E-state index in [1.54, 1.807) is 19.1 Å². The van der Waals surface area contributed by atoms with Crippen molar-refractivity contribution in [2.75, 3.05) is 13.2 Å². The Hall–Kier alpha value is -1.46. The van der Waals surface area contributed by atoms with E-state index in [0.29, 0.717) is 13.2 Å². The van der Waals surface area contributed by atoms with Crippen LogP contribution in [0.1, 0.15) is 31.4 Å². The summed E-state index contributed by atoms with van der Waals surface area (Å²) in [6.45, 7) is 2.78. The van der Waals surface area contributed by atoms with E-state index in [2.05, 4.69) is 5.32 Å². The normalized spacial score (nSPS) is 21.4. The van der Waals surface area contributed by atoms with Crippen LogP contribution in [0.25, 0.3) is 0 Å². The van der Waals surface area contributed by atoms with Gasteiger partial charge in [0.2, 0.25) is 5.91 Å². The Kier molecular flexibility index (Phi) is 5.09. The van der Waals surface area contributed by atoms with Crippen LogP contribution in [0.5, 0.6) is 0 Å². The molecule has 1 fully saturated rings. The molecular weight excluding hydrogens is 259 g/mol. The average molecular weight is 280 g/mol.